The Kier molecular flexibility index (Phi) is 9.17. The first-order valence-corrected chi connectivity index (χ1v) is 10.9. The molecule has 0 aliphatic heterocycles. The second kappa shape index (κ2) is 11.6. The summed E-state index contributed by atoms with van der Waals surface area (Å²) in [5.41, 5.74) is 2.05. The van der Waals surface area contributed by atoms with Crippen molar-refractivity contribution < 1.29 is 14.3 Å². The highest BCUT2D eigenvalue weighted by molar-refractivity contribution is 5.96. The Balaban J connectivity index is 2.01. The van der Waals surface area contributed by atoms with Gasteiger partial charge in [-0.3, -0.25) is 4.79 Å². The van der Waals surface area contributed by atoms with E-state index in [1.165, 1.54) is 32.1 Å². The third kappa shape index (κ3) is 6.59. The standard InChI is InChI=1S/C25H35NO3/c1-4-7-13-20(5-2)24(28)29-18-21-14-9-10-15-22(21)23(27)26-19-25(6-3)16-11-8-12-17-25/h5,7,9-10,13-15H,4,6,8,11-12,16-19H2,1-3H3,(H,26,27)/b13-7-,20-5+. The van der Waals surface area contributed by atoms with Crippen molar-refractivity contribution in [3.8, 4) is 0 Å². The number of rotatable bonds is 9. The Morgan fingerprint density at radius 3 is 2.52 bits per heavy atom. The number of benzene rings is 1. The molecule has 1 aliphatic carbocycles. The zero-order valence-electron chi connectivity index (χ0n) is 18.1. The number of esters is 1. The van der Waals surface area contributed by atoms with Gasteiger partial charge < -0.3 is 10.1 Å². The minimum absolute atomic E-state index is 0.0820. The van der Waals surface area contributed by atoms with Gasteiger partial charge in [-0.25, -0.2) is 4.79 Å². The predicted molar refractivity (Wildman–Crippen MR) is 118 cm³/mol. The molecule has 0 atom stereocenters. The Morgan fingerprint density at radius 2 is 1.86 bits per heavy atom. The Morgan fingerprint density at radius 1 is 1.14 bits per heavy atom. The third-order valence-corrected chi connectivity index (χ3v) is 5.99. The summed E-state index contributed by atoms with van der Waals surface area (Å²) in [5, 5.41) is 3.15. The Bertz CT molecular complexity index is 742. The average Bonchev–Trinajstić information content (AvgIpc) is 2.77. The molecule has 1 amide bonds. The fourth-order valence-electron chi connectivity index (χ4n) is 3.94. The van der Waals surface area contributed by atoms with Crippen LogP contribution in [0.4, 0.5) is 0 Å². The van der Waals surface area contributed by atoms with Crippen molar-refractivity contribution >= 4 is 11.9 Å². The van der Waals surface area contributed by atoms with Crippen LogP contribution in [0.1, 0.15) is 81.6 Å². The smallest absolute Gasteiger partial charge is 0.338 e. The van der Waals surface area contributed by atoms with Gasteiger partial charge in [0, 0.05) is 17.7 Å². The lowest BCUT2D eigenvalue weighted by Crippen LogP contribution is -2.39. The zero-order valence-corrected chi connectivity index (χ0v) is 18.1. The Labute approximate surface area is 175 Å². The van der Waals surface area contributed by atoms with Crippen molar-refractivity contribution in [3.63, 3.8) is 0 Å². The molecule has 2 rings (SSSR count). The van der Waals surface area contributed by atoms with Crippen LogP contribution >= 0.6 is 0 Å². The number of nitrogens with one attached hydrogen (secondary N) is 1. The predicted octanol–water partition coefficient (Wildman–Crippen LogP) is 5.73. The van der Waals surface area contributed by atoms with Gasteiger partial charge in [0.25, 0.3) is 5.91 Å². The van der Waals surface area contributed by atoms with E-state index < -0.39 is 0 Å². The van der Waals surface area contributed by atoms with Crippen molar-refractivity contribution in [1.29, 1.82) is 0 Å². The highest BCUT2D eigenvalue weighted by Gasteiger charge is 2.30. The number of carbonyl (C=O) groups excluding carboxylic acids is 2. The van der Waals surface area contributed by atoms with Crippen molar-refractivity contribution in [2.75, 3.05) is 6.54 Å². The molecule has 0 bridgehead atoms. The van der Waals surface area contributed by atoms with Crippen LogP contribution in [0.25, 0.3) is 0 Å². The molecule has 1 N–H and O–H groups in total. The van der Waals surface area contributed by atoms with Gasteiger partial charge in [0.2, 0.25) is 0 Å². The molecule has 1 saturated carbocycles. The van der Waals surface area contributed by atoms with Gasteiger partial charge in [-0.1, -0.05) is 69.5 Å². The van der Waals surface area contributed by atoms with Crippen LogP contribution in [0.15, 0.2) is 48.1 Å². The highest BCUT2D eigenvalue weighted by atomic mass is 16.5. The first kappa shape index (κ1) is 22.9. The Hall–Kier alpha value is -2.36. The number of amides is 1. The summed E-state index contributed by atoms with van der Waals surface area (Å²) in [6.45, 7) is 6.84. The summed E-state index contributed by atoms with van der Waals surface area (Å²) in [4.78, 5) is 25.2. The molecule has 4 heteroatoms. The van der Waals surface area contributed by atoms with Crippen LogP contribution < -0.4 is 5.32 Å². The minimum Gasteiger partial charge on any atom is -0.457 e. The van der Waals surface area contributed by atoms with Crippen LogP contribution in [0, 0.1) is 5.41 Å². The van der Waals surface area contributed by atoms with E-state index in [-0.39, 0.29) is 23.9 Å². The summed E-state index contributed by atoms with van der Waals surface area (Å²) in [6.07, 6.45) is 13.5. The third-order valence-electron chi connectivity index (χ3n) is 5.99. The molecule has 0 spiro atoms. The number of allylic oxidation sites excluding steroid dienone is 2. The van der Waals surface area contributed by atoms with Crippen molar-refractivity contribution in [2.45, 2.75) is 72.3 Å². The van der Waals surface area contributed by atoms with Gasteiger partial charge in [0.15, 0.2) is 0 Å². The van der Waals surface area contributed by atoms with Gasteiger partial charge in [0.1, 0.15) is 6.61 Å². The molecule has 1 aromatic carbocycles. The molecule has 0 radical (unpaired) electrons. The normalized spacial score (nSPS) is 16.6. The lowest BCUT2D eigenvalue weighted by molar-refractivity contribution is -0.139. The fourth-order valence-corrected chi connectivity index (χ4v) is 3.94. The highest BCUT2D eigenvalue weighted by Crippen LogP contribution is 2.38. The molecule has 4 nitrogen and oxygen atoms in total. The lowest BCUT2D eigenvalue weighted by atomic mass is 9.72. The molecule has 0 heterocycles. The van der Waals surface area contributed by atoms with E-state index in [1.54, 1.807) is 18.2 Å². The van der Waals surface area contributed by atoms with E-state index in [1.807, 2.05) is 38.1 Å². The second-order valence-corrected chi connectivity index (χ2v) is 7.88. The molecule has 1 aromatic rings. The average molecular weight is 398 g/mol. The quantitative estimate of drug-likeness (QED) is 0.329. The fraction of sp³-hybridized carbons (Fsp3) is 0.520. The van der Waals surface area contributed by atoms with E-state index in [2.05, 4.69) is 12.2 Å². The van der Waals surface area contributed by atoms with Gasteiger partial charge >= 0.3 is 5.97 Å². The molecular weight excluding hydrogens is 362 g/mol. The first-order chi connectivity index (χ1) is 14.0. The monoisotopic (exact) mass is 397 g/mol. The van der Waals surface area contributed by atoms with Gasteiger partial charge in [-0.15, -0.1) is 0 Å². The molecule has 29 heavy (non-hydrogen) atoms. The maximum atomic E-state index is 12.9. The molecule has 158 valence electrons. The zero-order chi connectivity index (χ0) is 21.1. The maximum Gasteiger partial charge on any atom is 0.338 e. The molecular formula is C25H35NO3. The number of ether oxygens (including phenoxy) is 1. The molecule has 0 unspecified atom stereocenters. The number of hydrogen-bond acceptors (Lipinski definition) is 3. The molecule has 0 saturated heterocycles. The van der Waals surface area contributed by atoms with E-state index in [4.69, 9.17) is 4.74 Å². The first-order valence-electron chi connectivity index (χ1n) is 10.9. The van der Waals surface area contributed by atoms with E-state index in [0.717, 1.165) is 18.4 Å². The van der Waals surface area contributed by atoms with Crippen LogP contribution in [0.2, 0.25) is 0 Å². The second-order valence-electron chi connectivity index (χ2n) is 7.88. The van der Waals surface area contributed by atoms with Crippen LogP contribution in [0.3, 0.4) is 0 Å². The molecule has 1 fully saturated rings. The van der Waals surface area contributed by atoms with Crippen molar-refractivity contribution in [1.82, 2.24) is 5.32 Å². The van der Waals surface area contributed by atoms with Crippen LogP contribution in [-0.4, -0.2) is 18.4 Å². The van der Waals surface area contributed by atoms with Gasteiger partial charge in [-0.05, 0) is 44.1 Å². The van der Waals surface area contributed by atoms with Crippen LogP contribution in [0.5, 0.6) is 0 Å². The summed E-state index contributed by atoms with van der Waals surface area (Å²) < 4.78 is 5.47. The van der Waals surface area contributed by atoms with E-state index >= 15 is 0 Å². The minimum atomic E-state index is -0.375. The summed E-state index contributed by atoms with van der Waals surface area (Å²) in [5.74, 6) is -0.466. The largest absolute Gasteiger partial charge is 0.457 e. The molecule has 0 aromatic heterocycles. The van der Waals surface area contributed by atoms with E-state index in [9.17, 15) is 9.59 Å². The van der Waals surface area contributed by atoms with Crippen LogP contribution in [-0.2, 0) is 16.1 Å². The van der Waals surface area contributed by atoms with Gasteiger partial charge in [-0.2, -0.15) is 0 Å². The lowest BCUT2D eigenvalue weighted by Gasteiger charge is -2.36. The summed E-state index contributed by atoms with van der Waals surface area (Å²) >= 11 is 0. The molecule has 1 aliphatic rings. The van der Waals surface area contributed by atoms with Crippen molar-refractivity contribution in [2.24, 2.45) is 5.41 Å². The van der Waals surface area contributed by atoms with E-state index in [0.29, 0.717) is 17.7 Å². The topological polar surface area (TPSA) is 55.4 Å². The summed E-state index contributed by atoms with van der Waals surface area (Å²) in [7, 11) is 0. The summed E-state index contributed by atoms with van der Waals surface area (Å²) in [6, 6.07) is 7.35. The number of carbonyl (C=O) groups is 2. The SMILES string of the molecule is C/C=C(\C=C/CC)C(=O)OCc1ccccc1C(=O)NCC1(CC)CCCCC1. The van der Waals surface area contributed by atoms with Gasteiger partial charge in [0.05, 0.1) is 5.57 Å². The maximum absolute atomic E-state index is 12.9. The number of hydrogen-bond donors (Lipinski definition) is 1. The van der Waals surface area contributed by atoms with Crippen molar-refractivity contribution in [3.05, 3.63) is 59.2 Å².